The Morgan fingerprint density at radius 3 is 2.20 bits per heavy atom. The number of methoxy groups -OCH3 is 1. The minimum absolute atomic E-state index is 0.240. The lowest BCUT2D eigenvalue weighted by atomic mass is 10.00. The van der Waals surface area contributed by atoms with Gasteiger partial charge in [-0.3, -0.25) is 4.79 Å². The fraction of sp³-hybridized carbons (Fsp3) is 0.167. The van der Waals surface area contributed by atoms with E-state index in [1.807, 2.05) is 0 Å². The molecule has 0 unspecified atom stereocenters. The Bertz CT molecular complexity index is 419. The molecule has 0 fully saturated rings. The molecule has 0 radical (unpaired) electrons. The second-order valence-corrected chi connectivity index (χ2v) is 3.15. The van der Waals surface area contributed by atoms with E-state index in [4.69, 9.17) is 0 Å². The lowest BCUT2D eigenvalue weighted by Gasteiger charge is -2.05. The molecule has 1 aromatic rings. The molecule has 3 heteroatoms. The predicted octanol–water partition coefficient (Wildman–Crippen LogP) is 2.23. The first-order chi connectivity index (χ1) is 7.07. The first-order valence-corrected chi connectivity index (χ1v) is 4.45. The number of ketones is 1. The lowest BCUT2D eigenvalue weighted by molar-refractivity contribution is 0.0597. The van der Waals surface area contributed by atoms with Crippen LogP contribution in [0, 0.1) is 0 Å². The highest BCUT2D eigenvalue weighted by Gasteiger charge is 2.16. The second kappa shape index (κ2) is 4.55. The summed E-state index contributed by atoms with van der Waals surface area (Å²) >= 11 is 0. The van der Waals surface area contributed by atoms with Gasteiger partial charge in [0.1, 0.15) is 0 Å². The second-order valence-electron chi connectivity index (χ2n) is 3.15. The Balaban J connectivity index is 3.23. The molecule has 1 aromatic carbocycles. The summed E-state index contributed by atoms with van der Waals surface area (Å²) in [4.78, 5) is 23.0. The first kappa shape index (κ1) is 11.2. The van der Waals surface area contributed by atoms with Gasteiger partial charge in [-0.15, -0.1) is 0 Å². The molecule has 0 aromatic heterocycles. The Labute approximate surface area is 88.4 Å². The Morgan fingerprint density at radius 1 is 1.20 bits per heavy atom. The van der Waals surface area contributed by atoms with Crippen molar-refractivity contribution < 1.29 is 14.3 Å². The van der Waals surface area contributed by atoms with E-state index in [0.29, 0.717) is 11.1 Å². The van der Waals surface area contributed by atoms with Crippen LogP contribution in [0.2, 0.25) is 0 Å². The van der Waals surface area contributed by atoms with Crippen molar-refractivity contribution in [2.75, 3.05) is 7.11 Å². The molecule has 3 nitrogen and oxygen atoms in total. The molecular weight excluding hydrogens is 192 g/mol. The summed E-state index contributed by atoms with van der Waals surface area (Å²) in [6.45, 7) is 5.16. The van der Waals surface area contributed by atoms with Crippen molar-refractivity contribution >= 4 is 11.8 Å². The zero-order valence-corrected chi connectivity index (χ0v) is 8.74. The van der Waals surface area contributed by atoms with Crippen LogP contribution in [0.5, 0.6) is 0 Å². The summed E-state index contributed by atoms with van der Waals surface area (Å²) in [5.74, 6) is -0.754. The van der Waals surface area contributed by atoms with Gasteiger partial charge < -0.3 is 4.74 Å². The number of hydrogen-bond acceptors (Lipinski definition) is 3. The monoisotopic (exact) mass is 204 g/mol. The number of rotatable bonds is 3. The van der Waals surface area contributed by atoms with Crippen molar-refractivity contribution in [3.8, 4) is 0 Å². The molecule has 0 bridgehead atoms. The molecule has 0 aliphatic heterocycles. The standard InChI is InChI=1S/C12H12O3/c1-8(2)11(13)9-6-4-5-7-10(9)12(14)15-3/h4-7H,1H2,2-3H3. The van der Waals surface area contributed by atoms with Crippen LogP contribution >= 0.6 is 0 Å². The van der Waals surface area contributed by atoms with E-state index in [0.717, 1.165) is 0 Å². The minimum atomic E-state index is -0.514. The predicted molar refractivity (Wildman–Crippen MR) is 56.9 cm³/mol. The van der Waals surface area contributed by atoms with E-state index in [-0.39, 0.29) is 11.3 Å². The van der Waals surface area contributed by atoms with Crippen LogP contribution in [0.3, 0.4) is 0 Å². The average molecular weight is 204 g/mol. The topological polar surface area (TPSA) is 43.4 Å². The van der Waals surface area contributed by atoms with Gasteiger partial charge in [0.05, 0.1) is 12.7 Å². The third-order valence-electron chi connectivity index (χ3n) is 1.96. The van der Waals surface area contributed by atoms with Crippen LogP contribution < -0.4 is 0 Å². The molecular formula is C12H12O3. The fourth-order valence-electron chi connectivity index (χ4n) is 1.20. The quantitative estimate of drug-likeness (QED) is 0.431. The van der Waals surface area contributed by atoms with Crippen molar-refractivity contribution in [1.82, 2.24) is 0 Å². The Kier molecular flexibility index (Phi) is 3.39. The van der Waals surface area contributed by atoms with Crippen LogP contribution in [-0.2, 0) is 4.74 Å². The Hall–Kier alpha value is -1.90. The zero-order chi connectivity index (χ0) is 11.4. The van der Waals surface area contributed by atoms with Gasteiger partial charge in [-0.1, -0.05) is 24.8 Å². The number of Topliss-reactive ketones (excluding diaryl/α,β-unsaturated/α-hetero) is 1. The highest BCUT2D eigenvalue weighted by molar-refractivity contribution is 6.13. The molecule has 0 aliphatic rings. The van der Waals surface area contributed by atoms with E-state index in [2.05, 4.69) is 11.3 Å². The number of carbonyl (C=O) groups excluding carboxylic acids is 2. The fourth-order valence-corrected chi connectivity index (χ4v) is 1.20. The normalized spacial score (nSPS) is 9.47. The molecule has 15 heavy (non-hydrogen) atoms. The van der Waals surface area contributed by atoms with Gasteiger partial charge in [-0.05, 0) is 18.6 Å². The van der Waals surface area contributed by atoms with Gasteiger partial charge >= 0.3 is 5.97 Å². The van der Waals surface area contributed by atoms with E-state index >= 15 is 0 Å². The molecule has 0 saturated carbocycles. The molecule has 0 spiro atoms. The van der Waals surface area contributed by atoms with Crippen LogP contribution in [0.25, 0.3) is 0 Å². The number of hydrogen-bond donors (Lipinski definition) is 0. The van der Waals surface area contributed by atoms with Gasteiger partial charge in [-0.25, -0.2) is 4.79 Å². The maximum Gasteiger partial charge on any atom is 0.338 e. The maximum absolute atomic E-state index is 11.7. The molecule has 0 heterocycles. The van der Waals surface area contributed by atoms with Crippen LogP contribution in [0.4, 0.5) is 0 Å². The van der Waals surface area contributed by atoms with Crippen molar-refractivity contribution in [3.63, 3.8) is 0 Å². The summed E-state index contributed by atoms with van der Waals surface area (Å²) in [7, 11) is 1.28. The average Bonchev–Trinajstić information content (AvgIpc) is 2.27. The number of benzene rings is 1. The number of allylic oxidation sites excluding steroid dienone is 1. The molecule has 1 rings (SSSR count). The van der Waals surface area contributed by atoms with Crippen molar-refractivity contribution in [3.05, 3.63) is 47.5 Å². The van der Waals surface area contributed by atoms with Gasteiger partial charge in [-0.2, -0.15) is 0 Å². The zero-order valence-electron chi connectivity index (χ0n) is 8.74. The summed E-state index contributed by atoms with van der Waals surface area (Å²) in [6.07, 6.45) is 0. The van der Waals surface area contributed by atoms with Crippen LogP contribution in [0.1, 0.15) is 27.6 Å². The van der Waals surface area contributed by atoms with Gasteiger partial charge in [0.15, 0.2) is 5.78 Å². The molecule has 0 saturated heterocycles. The molecule has 0 N–H and O–H groups in total. The van der Waals surface area contributed by atoms with Gasteiger partial charge in [0, 0.05) is 5.56 Å². The highest BCUT2D eigenvalue weighted by atomic mass is 16.5. The summed E-state index contributed by atoms with van der Waals surface area (Å²) in [5, 5.41) is 0. The lowest BCUT2D eigenvalue weighted by Crippen LogP contribution is -2.10. The van der Waals surface area contributed by atoms with Crippen LogP contribution in [-0.4, -0.2) is 18.9 Å². The molecule has 0 amide bonds. The van der Waals surface area contributed by atoms with E-state index in [1.165, 1.54) is 7.11 Å². The smallest absolute Gasteiger partial charge is 0.338 e. The Morgan fingerprint density at radius 2 is 1.73 bits per heavy atom. The number of ether oxygens (including phenoxy) is 1. The SMILES string of the molecule is C=C(C)C(=O)c1ccccc1C(=O)OC. The van der Waals surface area contributed by atoms with Gasteiger partial charge in [0.2, 0.25) is 0 Å². The van der Waals surface area contributed by atoms with E-state index in [9.17, 15) is 9.59 Å². The first-order valence-electron chi connectivity index (χ1n) is 4.45. The van der Waals surface area contributed by atoms with Crippen molar-refractivity contribution in [2.45, 2.75) is 6.92 Å². The highest BCUT2D eigenvalue weighted by Crippen LogP contribution is 2.13. The maximum atomic E-state index is 11.7. The largest absolute Gasteiger partial charge is 0.465 e. The van der Waals surface area contributed by atoms with Crippen molar-refractivity contribution in [1.29, 1.82) is 0 Å². The molecule has 0 aliphatic carbocycles. The van der Waals surface area contributed by atoms with E-state index in [1.54, 1.807) is 31.2 Å². The van der Waals surface area contributed by atoms with E-state index < -0.39 is 5.97 Å². The summed E-state index contributed by atoms with van der Waals surface area (Å²) < 4.78 is 4.59. The molecule has 78 valence electrons. The molecule has 0 atom stereocenters. The minimum Gasteiger partial charge on any atom is -0.465 e. The van der Waals surface area contributed by atoms with Crippen molar-refractivity contribution in [2.24, 2.45) is 0 Å². The number of carbonyl (C=O) groups is 2. The summed E-state index contributed by atoms with van der Waals surface area (Å²) in [5.41, 5.74) is 0.996. The third kappa shape index (κ3) is 2.31. The number of esters is 1. The van der Waals surface area contributed by atoms with Gasteiger partial charge in [0.25, 0.3) is 0 Å². The third-order valence-corrected chi connectivity index (χ3v) is 1.96. The summed E-state index contributed by atoms with van der Waals surface area (Å²) in [6, 6.07) is 6.52. The van der Waals surface area contributed by atoms with Crippen LogP contribution in [0.15, 0.2) is 36.4 Å².